The zero-order valence-corrected chi connectivity index (χ0v) is 9.65. The van der Waals surface area contributed by atoms with Gasteiger partial charge in [0.2, 0.25) is 0 Å². The van der Waals surface area contributed by atoms with E-state index < -0.39 is 0 Å². The minimum absolute atomic E-state index is 0.231. The second kappa shape index (κ2) is 8.57. The summed E-state index contributed by atoms with van der Waals surface area (Å²) in [4.78, 5) is 11.4. The van der Waals surface area contributed by atoms with Gasteiger partial charge < -0.3 is 4.74 Å². The number of rotatable bonds is 8. The summed E-state index contributed by atoms with van der Waals surface area (Å²) in [7, 11) is 1.70. The molecule has 0 spiro atoms. The van der Waals surface area contributed by atoms with E-state index in [1.165, 1.54) is 0 Å². The summed E-state index contributed by atoms with van der Waals surface area (Å²) in [6.45, 7) is 4.85. The van der Waals surface area contributed by atoms with Crippen LogP contribution < -0.4 is 0 Å². The molecule has 0 aliphatic heterocycles. The molecule has 0 aromatic rings. The first-order valence-corrected chi connectivity index (χ1v) is 5.97. The predicted molar refractivity (Wildman–Crippen MR) is 58.3 cm³/mol. The minimum atomic E-state index is 0.231. The van der Waals surface area contributed by atoms with Crippen molar-refractivity contribution in [3.8, 4) is 0 Å². The number of hydrogen-bond acceptors (Lipinski definition) is 3. The van der Waals surface area contributed by atoms with E-state index in [-0.39, 0.29) is 5.92 Å². The summed E-state index contributed by atoms with van der Waals surface area (Å²) in [5, 5.41) is 0. The normalized spacial score (nSPS) is 12.8. The van der Waals surface area contributed by atoms with Crippen LogP contribution in [0.1, 0.15) is 26.7 Å². The molecule has 1 atom stereocenters. The molecule has 3 heteroatoms. The first kappa shape index (κ1) is 13.0. The summed E-state index contributed by atoms with van der Waals surface area (Å²) in [6.07, 6.45) is 1.99. The Kier molecular flexibility index (Phi) is 8.56. The van der Waals surface area contributed by atoms with Crippen LogP contribution in [0.2, 0.25) is 0 Å². The van der Waals surface area contributed by atoms with E-state index in [2.05, 4.69) is 6.92 Å². The molecular weight excluding hydrogens is 184 g/mol. The molecule has 0 heterocycles. The van der Waals surface area contributed by atoms with Gasteiger partial charge in [-0.3, -0.25) is 4.79 Å². The van der Waals surface area contributed by atoms with Gasteiger partial charge in [0.25, 0.3) is 0 Å². The average Bonchev–Trinajstić information content (AvgIpc) is 2.16. The molecule has 0 aromatic carbocycles. The molecule has 2 nitrogen and oxygen atoms in total. The van der Waals surface area contributed by atoms with Crippen molar-refractivity contribution in [3.63, 3.8) is 0 Å². The quantitative estimate of drug-likeness (QED) is 0.568. The van der Waals surface area contributed by atoms with Crippen molar-refractivity contribution in [2.24, 2.45) is 5.92 Å². The van der Waals surface area contributed by atoms with E-state index >= 15 is 0 Å². The van der Waals surface area contributed by atoms with Crippen molar-refractivity contribution in [2.45, 2.75) is 26.7 Å². The predicted octanol–water partition coefficient (Wildman–Crippen LogP) is 2.37. The summed E-state index contributed by atoms with van der Waals surface area (Å²) in [5.74, 6) is 2.30. The first-order chi connectivity index (χ1) is 6.22. The Morgan fingerprint density at radius 2 is 2.23 bits per heavy atom. The minimum Gasteiger partial charge on any atom is -0.385 e. The molecule has 0 saturated heterocycles. The van der Waals surface area contributed by atoms with Crippen molar-refractivity contribution in [3.05, 3.63) is 0 Å². The van der Waals surface area contributed by atoms with Crippen LogP contribution in [0.5, 0.6) is 0 Å². The fraction of sp³-hybridized carbons (Fsp3) is 0.900. The lowest BCUT2D eigenvalue weighted by Gasteiger charge is -2.06. The summed E-state index contributed by atoms with van der Waals surface area (Å²) in [6, 6.07) is 0. The third-order valence-electron chi connectivity index (χ3n) is 2.04. The molecule has 13 heavy (non-hydrogen) atoms. The van der Waals surface area contributed by atoms with Crippen molar-refractivity contribution in [1.29, 1.82) is 0 Å². The van der Waals surface area contributed by atoms with Gasteiger partial charge in [-0.15, -0.1) is 0 Å². The molecule has 0 radical (unpaired) electrons. The molecule has 0 amide bonds. The van der Waals surface area contributed by atoms with Gasteiger partial charge in [-0.1, -0.05) is 13.8 Å². The molecule has 0 saturated carbocycles. The molecule has 0 bridgehead atoms. The number of carbonyl (C=O) groups is 1. The van der Waals surface area contributed by atoms with Crippen LogP contribution in [-0.2, 0) is 9.53 Å². The molecule has 1 unspecified atom stereocenters. The Balaban J connectivity index is 3.27. The number of carbonyl (C=O) groups excluding carboxylic acids is 1. The smallest absolute Gasteiger partial charge is 0.145 e. The standard InChI is InChI=1S/C10H20O2S/c1-4-9(2)10(11)8-13-7-5-6-12-3/h9H,4-8H2,1-3H3. The summed E-state index contributed by atoms with van der Waals surface area (Å²) < 4.78 is 4.92. The van der Waals surface area contributed by atoms with Gasteiger partial charge >= 0.3 is 0 Å². The zero-order chi connectivity index (χ0) is 10.1. The van der Waals surface area contributed by atoms with Gasteiger partial charge in [-0.2, -0.15) is 11.8 Å². The van der Waals surface area contributed by atoms with E-state index in [4.69, 9.17) is 4.74 Å². The van der Waals surface area contributed by atoms with Crippen molar-refractivity contribution in [1.82, 2.24) is 0 Å². The maximum atomic E-state index is 11.4. The summed E-state index contributed by atoms with van der Waals surface area (Å²) in [5.41, 5.74) is 0. The number of thioether (sulfide) groups is 1. The highest BCUT2D eigenvalue weighted by Crippen LogP contribution is 2.09. The molecule has 0 aromatic heterocycles. The molecular formula is C10H20O2S. The SMILES string of the molecule is CCC(C)C(=O)CSCCCOC. The fourth-order valence-corrected chi connectivity index (χ4v) is 1.80. The van der Waals surface area contributed by atoms with Gasteiger partial charge in [0.05, 0.1) is 5.75 Å². The van der Waals surface area contributed by atoms with E-state index in [0.29, 0.717) is 11.5 Å². The van der Waals surface area contributed by atoms with Gasteiger partial charge in [0, 0.05) is 19.6 Å². The van der Waals surface area contributed by atoms with Crippen LogP contribution >= 0.6 is 11.8 Å². The maximum Gasteiger partial charge on any atom is 0.145 e. The number of ether oxygens (including phenoxy) is 1. The molecule has 0 rings (SSSR count). The average molecular weight is 204 g/mol. The van der Waals surface area contributed by atoms with Gasteiger partial charge in [-0.25, -0.2) is 0 Å². The van der Waals surface area contributed by atoms with Crippen LogP contribution in [0.4, 0.5) is 0 Å². The van der Waals surface area contributed by atoms with Crippen LogP contribution in [0.15, 0.2) is 0 Å². The second-order valence-corrected chi connectivity index (χ2v) is 4.28. The van der Waals surface area contributed by atoms with Crippen molar-refractivity contribution < 1.29 is 9.53 Å². The second-order valence-electron chi connectivity index (χ2n) is 3.17. The zero-order valence-electron chi connectivity index (χ0n) is 8.84. The van der Waals surface area contributed by atoms with E-state index in [0.717, 1.165) is 25.2 Å². The van der Waals surface area contributed by atoms with E-state index in [1.54, 1.807) is 18.9 Å². The van der Waals surface area contributed by atoms with Crippen LogP contribution in [0.25, 0.3) is 0 Å². The number of Topliss-reactive ketones (excluding diaryl/α,β-unsaturated/α-hetero) is 1. The van der Waals surface area contributed by atoms with E-state index in [9.17, 15) is 4.79 Å². The largest absolute Gasteiger partial charge is 0.385 e. The highest BCUT2D eigenvalue weighted by molar-refractivity contribution is 7.99. The Hall–Kier alpha value is -0.0200. The first-order valence-electron chi connectivity index (χ1n) is 4.81. The molecule has 0 N–H and O–H groups in total. The number of hydrogen-bond donors (Lipinski definition) is 0. The third kappa shape index (κ3) is 7.08. The molecule has 78 valence electrons. The number of ketones is 1. The van der Waals surface area contributed by atoms with Gasteiger partial charge in [-0.05, 0) is 18.6 Å². The third-order valence-corrected chi connectivity index (χ3v) is 3.11. The van der Waals surface area contributed by atoms with Crippen molar-refractivity contribution >= 4 is 17.5 Å². The Labute approximate surface area is 85.4 Å². The lowest BCUT2D eigenvalue weighted by atomic mass is 10.1. The van der Waals surface area contributed by atoms with E-state index in [1.807, 2.05) is 6.92 Å². The molecule has 0 aliphatic rings. The topological polar surface area (TPSA) is 26.3 Å². The van der Waals surface area contributed by atoms with Crippen LogP contribution in [0.3, 0.4) is 0 Å². The van der Waals surface area contributed by atoms with Crippen molar-refractivity contribution in [2.75, 3.05) is 25.2 Å². The highest BCUT2D eigenvalue weighted by atomic mass is 32.2. The maximum absolute atomic E-state index is 11.4. The molecule has 0 fully saturated rings. The molecule has 0 aliphatic carbocycles. The number of methoxy groups -OCH3 is 1. The van der Waals surface area contributed by atoms with Crippen LogP contribution in [-0.4, -0.2) is 31.0 Å². The lowest BCUT2D eigenvalue weighted by Crippen LogP contribution is -2.12. The Morgan fingerprint density at radius 1 is 1.54 bits per heavy atom. The summed E-state index contributed by atoms with van der Waals surface area (Å²) >= 11 is 1.72. The Bertz CT molecular complexity index is 137. The van der Waals surface area contributed by atoms with Gasteiger partial charge in [0.1, 0.15) is 5.78 Å². The highest BCUT2D eigenvalue weighted by Gasteiger charge is 2.09. The Morgan fingerprint density at radius 3 is 2.77 bits per heavy atom. The monoisotopic (exact) mass is 204 g/mol. The fourth-order valence-electron chi connectivity index (χ4n) is 0.848. The van der Waals surface area contributed by atoms with Gasteiger partial charge in [0.15, 0.2) is 0 Å². The van der Waals surface area contributed by atoms with Crippen LogP contribution in [0, 0.1) is 5.92 Å². The lowest BCUT2D eigenvalue weighted by molar-refractivity contribution is -0.119.